The maximum atomic E-state index is 13.8. The predicted molar refractivity (Wildman–Crippen MR) is 144 cm³/mol. The van der Waals surface area contributed by atoms with Crippen LogP contribution in [0.5, 0.6) is 11.5 Å². The number of halogens is 4. The highest BCUT2D eigenvalue weighted by molar-refractivity contribution is 7.86. The van der Waals surface area contributed by atoms with Gasteiger partial charge in [0.2, 0.25) is 0 Å². The van der Waals surface area contributed by atoms with Crippen molar-refractivity contribution in [3.8, 4) is 22.6 Å². The van der Waals surface area contributed by atoms with Gasteiger partial charge >= 0.3 is 6.18 Å². The van der Waals surface area contributed by atoms with Crippen molar-refractivity contribution in [2.45, 2.75) is 12.6 Å². The van der Waals surface area contributed by atoms with E-state index in [1.54, 1.807) is 6.20 Å². The van der Waals surface area contributed by atoms with E-state index < -0.39 is 27.8 Å². The summed E-state index contributed by atoms with van der Waals surface area (Å²) in [6.07, 6.45) is -0.354. The molecule has 0 atom stereocenters. The Balaban J connectivity index is 0.000000189. The van der Waals surface area contributed by atoms with Crippen LogP contribution in [0, 0.1) is 5.82 Å². The highest BCUT2D eigenvalue weighted by Crippen LogP contribution is 2.39. The molecule has 14 heteroatoms. The Morgan fingerprint density at radius 1 is 1.07 bits per heavy atom. The van der Waals surface area contributed by atoms with Crippen molar-refractivity contribution in [3.63, 3.8) is 0 Å². The standard InChI is InChI=1S/C15H12F4O2.C12H15N5O2S/c1-20-10-4-5-13(16)11(8-10)9-3-6-14(21-2)12(7-9)15(17,18)19;13-20(18,19)17-7-4-11-10(8-17)9(3-6-14-11)12-2-1-5-15-16-12/h3-8H,1-2H3;1-3,5,14H,4,6-8H2,(H2,13,18,19). The van der Waals surface area contributed by atoms with Crippen LogP contribution in [0.4, 0.5) is 17.6 Å². The van der Waals surface area contributed by atoms with Gasteiger partial charge < -0.3 is 14.8 Å². The van der Waals surface area contributed by atoms with Crippen LogP contribution in [-0.4, -0.2) is 56.8 Å². The minimum absolute atomic E-state index is 0.0301. The van der Waals surface area contributed by atoms with Crippen LogP contribution < -0.4 is 19.9 Å². The number of aromatic nitrogens is 2. The summed E-state index contributed by atoms with van der Waals surface area (Å²) in [6, 6.07) is 11.0. The van der Waals surface area contributed by atoms with Gasteiger partial charge in [-0.25, -0.2) is 9.53 Å². The summed E-state index contributed by atoms with van der Waals surface area (Å²) >= 11 is 0. The molecule has 0 saturated carbocycles. The van der Waals surface area contributed by atoms with Crippen molar-refractivity contribution in [1.29, 1.82) is 0 Å². The smallest absolute Gasteiger partial charge is 0.419 e. The molecule has 0 amide bonds. The first kappa shape index (κ1) is 30.0. The second kappa shape index (κ2) is 12.2. The molecule has 41 heavy (non-hydrogen) atoms. The molecule has 3 heterocycles. The van der Waals surface area contributed by atoms with Crippen molar-refractivity contribution in [2.24, 2.45) is 5.14 Å². The van der Waals surface area contributed by atoms with E-state index >= 15 is 0 Å². The van der Waals surface area contributed by atoms with Crippen molar-refractivity contribution in [3.05, 3.63) is 89.1 Å². The monoisotopic (exact) mass is 593 g/mol. The highest BCUT2D eigenvalue weighted by atomic mass is 32.2. The quantitative estimate of drug-likeness (QED) is 0.427. The first-order valence-electron chi connectivity index (χ1n) is 12.2. The zero-order chi connectivity index (χ0) is 29.8. The molecular weight excluding hydrogens is 566 g/mol. The molecule has 0 radical (unpaired) electrons. The fourth-order valence-corrected chi connectivity index (χ4v) is 5.11. The lowest BCUT2D eigenvalue weighted by atomic mass is 9.94. The van der Waals surface area contributed by atoms with E-state index in [0.29, 0.717) is 25.3 Å². The zero-order valence-electron chi connectivity index (χ0n) is 22.1. The summed E-state index contributed by atoms with van der Waals surface area (Å²) in [5.41, 5.74) is 2.84. The van der Waals surface area contributed by atoms with Crippen LogP contribution in [0.1, 0.15) is 17.7 Å². The average molecular weight is 594 g/mol. The van der Waals surface area contributed by atoms with Gasteiger partial charge in [0.15, 0.2) is 0 Å². The lowest BCUT2D eigenvalue weighted by Gasteiger charge is -2.32. The number of nitrogens with one attached hydrogen (secondary N) is 1. The molecule has 0 unspecified atom stereocenters. The zero-order valence-corrected chi connectivity index (χ0v) is 22.9. The number of hydrogen-bond acceptors (Lipinski definition) is 7. The van der Waals surface area contributed by atoms with E-state index in [9.17, 15) is 26.0 Å². The Bertz CT molecular complexity index is 1580. The molecule has 3 N–H and O–H groups in total. The van der Waals surface area contributed by atoms with E-state index in [0.717, 1.165) is 47.8 Å². The third-order valence-electron chi connectivity index (χ3n) is 6.45. The molecule has 5 rings (SSSR count). The van der Waals surface area contributed by atoms with E-state index in [4.69, 9.17) is 14.6 Å². The molecule has 2 aliphatic heterocycles. The fourth-order valence-electron chi connectivity index (χ4n) is 4.45. The van der Waals surface area contributed by atoms with Gasteiger partial charge in [0.05, 0.1) is 25.5 Å². The third-order valence-corrected chi connectivity index (χ3v) is 7.49. The van der Waals surface area contributed by atoms with Crippen LogP contribution in [0.25, 0.3) is 16.7 Å². The highest BCUT2D eigenvalue weighted by Gasteiger charge is 2.35. The van der Waals surface area contributed by atoms with Gasteiger partial charge in [0.1, 0.15) is 17.3 Å². The van der Waals surface area contributed by atoms with E-state index in [1.807, 2.05) is 18.2 Å². The molecule has 9 nitrogen and oxygen atoms in total. The summed E-state index contributed by atoms with van der Waals surface area (Å²) in [5.74, 6) is -0.584. The Hall–Kier alpha value is -4.01. The van der Waals surface area contributed by atoms with Gasteiger partial charge in [-0.05, 0) is 53.6 Å². The summed E-state index contributed by atoms with van der Waals surface area (Å²) in [6.45, 7) is 1.38. The van der Waals surface area contributed by atoms with Crippen LogP contribution in [0.2, 0.25) is 0 Å². The van der Waals surface area contributed by atoms with Crippen LogP contribution in [0.3, 0.4) is 0 Å². The molecule has 3 aromatic rings. The number of ether oxygens (including phenoxy) is 2. The summed E-state index contributed by atoms with van der Waals surface area (Å²) in [7, 11) is -1.13. The molecule has 0 aliphatic carbocycles. The lowest BCUT2D eigenvalue weighted by Crippen LogP contribution is -2.43. The number of methoxy groups -OCH3 is 2. The molecule has 2 aromatic carbocycles. The number of alkyl halides is 3. The van der Waals surface area contributed by atoms with Gasteiger partial charge in [-0.2, -0.15) is 36.1 Å². The van der Waals surface area contributed by atoms with Crippen molar-refractivity contribution in [2.75, 3.05) is 33.9 Å². The Kier molecular flexibility index (Phi) is 8.95. The van der Waals surface area contributed by atoms with Crippen molar-refractivity contribution in [1.82, 2.24) is 19.8 Å². The van der Waals surface area contributed by atoms with Crippen LogP contribution >= 0.6 is 0 Å². The fraction of sp³-hybridized carbons (Fsp3) is 0.259. The number of nitrogens with two attached hydrogens (primary N) is 1. The maximum absolute atomic E-state index is 13.8. The van der Waals surface area contributed by atoms with Crippen LogP contribution in [0.15, 0.2) is 72.1 Å². The summed E-state index contributed by atoms with van der Waals surface area (Å²) < 4.78 is 86.7. The number of nitrogens with zero attached hydrogens (tertiary/aromatic N) is 3. The summed E-state index contributed by atoms with van der Waals surface area (Å²) in [5, 5.41) is 16.5. The normalized spacial score (nSPS) is 15.6. The van der Waals surface area contributed by atoms with E-state index in [1.165, 1.54) is 29.6 Å². The topological polar surface area (TPSA) is 120 Å². The average Bonchev–Trinajstić information content (AvgIpc) is 2.96. The minimum atomic E-state index is -4.59. The van der Waals surface area contributed by atoms with E-state index in [2.05, 4.69) is 15.5 Å². The first-order valence-corrected chi connectivity index (χ1v) is 13.7. The molecule has 0 bridgehead atoms. The van der Waals surface area contributed by atoms with Gasteiger partial charge in [-0.15, -0.1) is 0 Å². The molecule has 1 aromatic heterocycles. The van der Waals surface area contributed by atoms with Gasteiger partial charge in [0.25, 0.3) is 10.2 Å². The largest absolute Gasteiger partial charge is 0.497 e. The molecule has 0 spiro atoms. The van der Waals surface area contributed by atoms with Crippen molar-refractivity contribution >= 4 is 15.8 Å². The number of rotatable bonds is 5. The molecule has 0 saturated heterocycles. The van der Waals surface area contributed by atoms with Gasteiger partial charge in [0, 0.05) is 49.1 Å². The molecule has 218 valence electrons. The Labute approximate surface area is 234 Å². The lowest BCUT2D eigenvalue weighted by molar-refractivity contribution is -0.138. The Morgan fingerprint density at radius 2 is 1.85 bits per heavy atom. The number of hydrogen-bond donors (Lipinski definition) is 2. The SMILES string of the molecule is COc1ccc(F)c(-c2ccc(OC)c(C(F)(F)F)c2)c1.NS(=O)(=O)N1CCC2=C(C1)C(c1cccnn1)=CCN2. The van der Waals surface area contributed by atoms with Crippen molar-refractivity contribution < 1.29 is 35.5 Å². The molecule has 2 aliphatic rings. The van der Waals surface area contributed by atoms with Gasteiger partial charge in [-0.3, -0.25) is 0 Å². The van der Waals surface area contributed by atoms with E-state index in [-0.39, 0.29) is 23.4 Å². The minimum Gasteiger partial charge on any atom is -0.497 e. The third kappa shape index (κ3) is 7.01. The number of benzene rings is 2. The second-order valence-corrected chi connectivity index (χ2v) is 10.5. The first-order chi connectivity index (χ1) is 19.4. The summed E-state index contributed by atoms with van der Waals surface area (Å²) in [4.78, 5) is 0. The second-order valence-electron chi connectivity index (χ2n) is 8.95. The maximum Gasteiger partial charge on any atom is 0.419 e. The number of dihydropyridines is 1. The van der Waals surface area contributed by atoms with Crippen LogP contribution in [-0.2, 0) is 16.4 Å². The molecular formula is C27H27F4N5O4S. The predicted octanol–water partition coefficient (Wildman–Crippen LogP) is 4.16. The Morgan fingerprint density at radius 3 is 2.49 bits per heavy atom. The van der Waals surface area contributed by atoms with Gasteiger partial charge in [-0.1, -0.05) is 12.1 Å². The molecule has 0 fully saturated rings.